The number of hydrogen-bond donors (Lipinski definition) is 2. The third-order valence-electron chi connectivity index (χ3n) is 5.50. The molecule has 2 aromatic rings. The molecule has 9 heteroatoms. The molecular formula is C26H33BrN2O6. The Morgan fingerprint density at radius 3 is 2.20 bits per heavy atom. The molecule has 1 heterocycles. The summed E-state index contributed by atoms with van der Waals surface area (Å²) in [6.45, 7) is 10.7. The van der Waals surface area contributed by atoms with Crippen molar-refractivity contribution in [3.8, 4) is 17.2 Å². The number of Topliss-reactive ketones (excluding diaryl/α,β-unsaturated/α-hetero) is 1. The first kappa shape index (κ1) is 28.2. The maximum absolute atomic E-state index is 13.2. The number of carboxylic acid groups (broad SMARTS) is 1. The maximum Gasteiger partial charge on any atom is 0.341 e. The van der Waals surface area contributed by atoms with E-state index in [1.54, 1.807) is 23.1 Å². The Morgan fingerprint density at radius 2 is 1.63 bits per heavy atom. The zero-order chi connectivity index (χ0) is 25.0. The first-order chi connectivity index (χ1) is 16.0. The molecule has 3 rings (SSSR count). The van der Waals surface area contributed by atoms with Crippen molar-refractivity contribution in [1.29, 1.82) is 5.41 Å². The quantitative estimate of drug-likeness (QED) is 0.408. The van der Waals surface area contributed by atoms with Gasteiger partial charge < -0.3 is 24.2 Å². The normalized spacial score (nSPS) is 12.6. The van der Waals surface area contributed by atoms with Crippen LogP contribution in [0.4, 0.5) is 0 Å². The summed E-state index contributed by atoms with van der Waals surface area (Å²) in [6.07, 6.45) is 0. The van der Waals surface area contributed by atoms with E-state index in [0.29, 0.717) is 42.6 Å². The number of nitrogens with one attached hydrogen (secondary N) is 1. The zero-order valence-corrected chi connectivity index (χ0v) is 22.5. The molecule has 0 unspecified atom stereocenters. The van der Waals surface area contributed by atoms with E-state index in [2.05, 4.69) is 0 Å². The number of ether oxygens (including phenoxy) is 3. The molecule has 0 aliphatic carbocycles. The molecule has 0 aromatic heterocycles. The number of aliphatic carboxylic acids is 1. The van der Waals surface area contributed by atoms with Crippen LogP contribution in [0.1, 0.15) is 61.7 Å². The molecule has 0 spiro atoms. The fourth-order valence-corrected chi connectivity index (χ4v) is 3.90. The first-order valence-electron chi connectivity index (χ1n) is 11.3. The van der Waals surface area contributed by atoms with E-state index in [-0.39, 0.29) is 40.6 Å². The number of amidine groups is 1. The van der Waals surface area contributed by atoms with Crippen LogP contribution in [0.5, 0.6) is 17.2 Å². The smallest absolute Gasteiger partial charge is 0.341 e. The van der Waals surface area contributed by atoms with Gasteiger partial charge in [-0.1, -0.05) is 20.8 Å². The molecule has 190 valence electrons. The number of carboxylic acids is 1. The van der Waals surface area contributed by atoms with Crippen LogP contribution >= 0.6 is 17.0 Å². The van der Waals surface area contributed by atoms with Gasteiger partial charge in [-0.25, -0.2) is 4.79 Å². The maximum atomic E-state index is 13.2. The lowest BCUT2D eigenvalue weighted by Gasteiger charge is -2.24. The molecule has 0 atom stereocenters. The molecule has 1 aliphatic heterocycles. The van der Waals surface area contributed by atoms with Crippen molar-refractivity contribution in [2.75, 3.05) is 26.4 Å². The Labute approximate surface area is 216 Å². The van der Waals surface area contributed by atoms with Crippen molar-refractivity contribution in [2.24, 2.45) is 0 Å². The highest BCUT2D eigenvalue weighted by Gasteiger charge is 2.29. The highest BCUT2D eigenvalue weighted by Crippen LogP contribution is 2.36. The van der Waals surface area contributed by atoms with Crippen LogP contribution in [-0.4, -0.2) is 54.0 Å². The fraction of sp³-hybridized carbons (Fsp3) is 0.423. The number of rotatable bonds is 10. The first-order valence-corrected chi connectivity index (χ1v) is 11.3. The van der Waals surface area contributed by atoms with Gasteiger partial charge in [0.1, 0.15) is 11.6 Å². The van der Waals surface area contributed by atoms with Gasteiger partial charge in [0.2, 0.25) is 0 Å². The van der Waals surface area contributed by atoms with Gasteiger partial charge in [-0.15, -0.1) is 17.0 Å². The molecule has 0 fully saturated rings. The number of ketones is 1. The summed E-state index contributed by atoms with van der Waals surface area (Å²) in [4.78, 5) is 25.8. The van der Waals surface area contributed by atoms with E-state index >= 15 is 0 Å². The predicted molar refractivity (Wildman–Crippen MR) is 139 cm³/mol. The highest BCUT2D eigenvalue weighted by molar-refractivity contribution is 8.93. The number of fused-ring (bicyclic) bond motifs is 1. The lowest BCUT2D eigenvalue weighted by atomic mass is 9.85. The van der Waals surface area contributed by atoms with E-state index in [1.165, 1.54) is 0 Å². The summed E-state index contributed by atoms with van der Waals surface area (Å²) in [5.41, 5.74) is 2.53. The third kappa shape index (κ3) is 6.54. The molecule has 2 aromatic carbocycles. The van der Waals surface area contributed by atoms with Gasteiger partial charge in [0.05, 0.1) is 19.8 Å². The molecule has 0 saturated carbocycles. The minimum Gasteiger partial charge on any atom is -0.490 e. The number of hydrogen-bond acceptors (Lipinski definition) is 6. The largest absolute Gasteiger partial charge is 0.490 e. The Kier molecular flexibility index (Phi) is 9.31. The van der Waals surface area contributed by atoms with Gasteiger partial charge in [-0.2, -0.15) is 0 Å². The van der Waals surface area contributed by atoms with Crippen LogP contribution in [0.2, 0.25) is 0 Å². The molecule has 2 N–H and O–H groups in total. The minimum absolute atomic E-state index is 0. The molecule has 35 heavy (non-hydrogen) atoms. The number of carbonyl (C=O) groups excluding carboxylic acids is 1. The van der Waals surface area contributed by atoms with Crippen molar-refractivity contribution >= 4 is 34.6 Å². The Morgan fingerprint density at radius 1 is 1.00 bits per heavy atom. The molecule has 0 bridgehead atoms. The standard InChI is InChI=1S/C26H32N2O6.BrH/c1-6-32-22-11-17-13-28(25(27)18(17)12-23(22)33-7-2)14-20(29)16-8-9-21(34-15-24(30)31)19(10-16)26(3,4)5;/h8-12,27H,6-7,13-15H2,1-5H3,(H,30,31);1H. The molecule has 1 aliphatic rings. The van der Waals surface area contributed by atoms with E-state index in [0.717, 1.165) is 16.7 Å². The second-order valence-electron chi connectivity index (χ2n) is 9.09. The van der Waals surface area contributed by atoms with Gasteiger partial charge in [0.25, 0.3) is 0 Å². The summed E-state index contributed by atoms with van der Waals surface area (Å²) >= 11 is 0. The molecule has 0 amide bonds. The zero-order valence-electron chi connectivity index (χ0n) is 20.8. The number of halogens is 1. The molecule has 8 nitrogen and oxygen atoms in total. The summed E-state index contributed by atoms with van der Waals surface area (Å²) in [7, 11) is 0. The van der Waals surface area contributed by atoms with Crippen LogP contribution in [0.25, 0.3) is 0 Å². The second-order valence-corrected chi connectivity index (χ2v) is 9.09. The predicted octanol–water partition coefficient (Wildman–Crippen LogP) is 4.85. The highest BCUT2D eigenvalue weighted by atomic mass is 79.9. The Bertz CT molecular complexity index is 1110. The third-order valence-corrected chi connectivity index (χ3v) is 5.50. The van der Waals surface area contributed by atoms with Crippen LogP contribution in [0.15, 0.2) is 30.3 Å². The van der Waals surface area contributed by atoms with Crippen molar-refractivity contribution in [3.63, 3.8) is 0 Å². The SMILES string of the molecule is Br.CCOc1cc2c(cc1OCC)C(=N)N(CC(=O)c1ccc(OCC(=O)O)c(C(C)(C)C)c1)C2. The topological polar surface area (TPSA) is 109 Å². The monoisotopic (exact) mass is 548 g/mol. The molecular weight excluding hydrogens is 516 g/mol. The Balaban J connectivity index is 0.00000432. The van der Waals surface area contributed by atoms with Gasteiger partial charge in [0, 0.05) is 23.2 Å². The van der Waals surface area contributed by atoms with Crippen molar-refractivity contribution in [2.45, 2.75) is 46.6 Å². The van der Waals surface area contributed by atoms with Crippen molar-refractivity contribution in [3.05, 3.63) is 52.6 Å². The summed E-state index contributed by atoms with van der Waals surface area (Å²) in [5, 5.41) is 17.6. The van der Waals surface area contributed by atoms with Crippen LogP contribution < -0.4 is 14.2 Å². The van der Waals surface area contributed by atoms with E-state index in [1.807, 2.05) is 46.8 Å². The molecule has 0 radical (unpaired) electrons. The van der Waals surface area contributed by atoms with Gasteiger partial charge >= 0.3 is 5.97 Å². The van der Waals surface area contributed by atoms with Crippen LogP contribution in [0.3, 0.4) is 0 Å². The lowest BCUT2D eigenvalue weighted by Crippen LogP contribution is -2.30. The number of benzene rings is 2. The lowest BCUT2D eigenvalue weighted by molar-refractivity contribution is -0.139. The number of carbonyl (C=O) groups is 2. The Hall–Kier alpha value is -3.07. The van der Waals surface area contributed by atoms with Crippen LogP contribution in [-0.2, 0) is 16.8 Å². The average Bonchev–Trinajstić information content (AvgIpc) is 3.06. The van der Waals surface area contributed by atoms with Gasteiger partial charge in [-0.3, -0.25) is 10.2 Å². The summed E-state index contributed by atoms with van der Waals surface area (Å²) in [5.74, 6) is 0.739. The van der Waals surface area contributed by atoms with E-state index < -0.39 is 12.6 Å². The fourth-order valence-electron chi connectivity index (χ4n) is 3.90. The van der Waals surface area contributed by atoms with E-state index in [4.69, 9.17) is 24.7 Å². The van der Waals surface area contributed by atoms with Crippen molar-refractivity contribution < 1.29 is 28.9 Å². The van der Waals surface area contributed by atoms with E-state index in [9.17, 15) is 9.59 Å². The average molecular weight is 549 g/mol. The molecule has 0 saturated heterocycles. The minimum atomic E-state index is -1.06. The second kappa shape index (κ2) is 11.6. The van der Waals surface area contributed by atoms with Gasteiger partial charge in [-0.05, 0) is 55.2 Å². The number of nitrogens with zero attached hydrogens (tertiary/aromatic N) is 1. The van der Waals surface area contributed by atoms with Crippen LogP contribution in [0, 0.1) is 5.41 Å². The van der Waals surface area contributed by atoms with Crippen molar-refractivity contribution in [1.82, 2.24) is 4.90 Å². The summed E-state index contributed by atoms with van der Waals surface area (Å²) < 4.78 is 16.8. The summed E-state index contributed by atoms with van der Waals surface area (Å²) in [6, 6.07) is 8.73. The van der Waals surface area contributed by atoms with Gasteiger partial charge in [0.15, 0.2) is 23.9 Å².